The number of halogens is 1. The molecule has 2 aromatic carbocycles. The van der Waals surface area contributed by atoms with Crippen LogP contribution in [0.3, 0.4) is 0 Å². The van der Waals surface area contributed by atoms with Crippen LogP contribution in [0.4, 0.5) is 16.0 Å². The molecule has 0 fully saturated rings. The summed E-state index contributed by atoms with van der Waals surface area (Å²) < 4.78 is 13.2. The number of aromatic nitrogens is 2. The second-order valence-electron chi connectivity index (χ2n) is 6.18. The summed E-state index contributed by atoms with van der Waals surface area (Å²) in [5, 5.41) is 2.92. The van der Waals surface area contributed by atoms with Crippen molar-refractivity contribution < 1.29 is 9.18 Å². The van der Waals surface area contributed by atoms with Crippen LogP contribution in [0.25, 0.3) is 0 Å². The lowest BCUT2D eigenvalue weighted by Crippen LogP contribution is -2.36. The molecule has 5 nitrogen and oxygen atoms in total. The van der Waals surface area contributed by atoms with Gasteiger partial charge in [-0.25, -0.2) is 14.4 Å². The normalized spacial score (nSPS) is 13.2. The number of hydrogen-bond acceptors (Lipinski definition) is 4. The van der Waals surface area contributed by atoms with Crippen molar-refractivity contribution in [2.45, 2.75) is 13.0 Å². The molecular weight excluding hydrogens is 331 g/mol. The summed E-state index contributed by atoms with van der Waals surface area (Å²) in [5.74, 6) is -0.111. The smallest absolute Gasteiger partial charge is 0.257 e. The first kappa shape index (κ1) is 16.2. The highest BCUT2D eigenvalue weighted by molar-refractivity contribution is 5.93. The van der Waals surface area contributed by atoms with E-state index in [0.717, 1.165) is 6.42 Å². The molecule has 3 aromatic rings. The van der Waals surface area contributed by atoms with E-state index >= 15 is 0 Å². The summed E-state index contributed by atoms with van der Waals surface area (Å²) in [7, 11) is 0. The molecule has 0 bridgehead atoms. The Kier molecular flexibility index (Phi) is 4.31. The van der Waals surface area contributed by atoms with Crippen molar-refractivity contribution in [3.05, 3.63) is 83.4 Å². The lowest BCUT2D eigenvalue weighted by atomic mass is 9.99. The molecule has 0 saturated carbocycles. The molecule has 0 aliphatic carbocycles. The molecule has 2 heterocycles. The Balaban J connectivity index is 1.46. The van der Waals surface area contributed by atoms with Gasteiger partial charge in [-0.1, -0.05) is 30.3 Å². The van der Waals surface area contributed by atoms with E-state index in [-0.39, 0.29) is 11.7 Å². The highest BCUT2D eigenvalue weighted by atomic mass is 19.1. The number of nitrogens with zero attached hydrogens (tertiary/aromatic N) is 3. The fourth-order valence-corrected chi connectivity index (χ4v) is 3.05. The highest BCUT2D eigenvalue weighted by Gasteiger charge is 2.22. The Morgan fingerprint density at radius 2 is 1.81 bits per heavy atom. The van der Waals surface area contributed by atoms with E-state index in [1.54, 1.807) is 17.0 Å². The Morgan fingerprint density at radius 1 is 1.04 bits per heavy atom. The minimum absolute atomic E-state index is 0.0863. The first-order valence-corrected chi connectivity index (χ1v) is 8.40. The molecule has 0 unspecified atom stereocenters. The van der Waals surface area contributed by atoms with Gasteiger partial charge in [-0.05, 0) is 35.7 Å². The highest BCUT2D eigenvalue weighted by Crippen LogP contribution is 2.20. The molecule has 130 valence electrons. The fourth-order valence-electron chi connectivity index (χ4n) is 3.05. The zero-order valence-corrected chi connectivity index (χ0v) is 14.0. The van der Waals surface area contributed by atoms with E-state index in [0.29, 0.717) is 30.3 Å². The van der Waals surface area contributed by atoms with Gasteiger partial charge in [-0.15, -0.1) is 0 Å². The molecule has 1 N–H and O–H groups in total. The largest absolute Gasteiger partial charge is 0.334 e. The van der Waals surface area contributed by atoms with Crippen LogP contribution in [0, 0.1) is 5.82 Å². The van der Waals surface area contributed by atoms with E-state index < -0.39 is 0 Å². The summed E-state index contributed by atoms with van der Waals surface area (Å²) in [5.41, 5.74) is 3.46. The van der Waals surface area contributed by atoms with Gasteiger partial charge in [0.25, 0.3) is 5.91 Å². The number of nitrogens with one attached hydrogen (secondary N) is 1. The van der Waals surface area contributed by atoms with Crippen LogP contribution in [0.2, 0.25) is 0 Å². The lowest BCUT2D eigenvalue weighted by molar-refractivity contribution is 0.0734. The monoisotopic (exact) mass is 348 g/mol. The third-order valence-corrected chi connectivity index (χ3v) is 4.40. The van der Waals surface area contributed by atoms with E-state index in [2.05, 4.69) is 27.4 Å². The van der Waals surface area contributed by atoms with Gasteiger partial charge in [-0.3, -0.25) is 4.79 Å². The fraction of sp³-hybridized carbons (Fsp3) is 0.150. The average Bonchev–Trinajstić information content (AvgIpc) is 2.68. The summed E-state index contributed by atoms with van der Waals surface area (Å²) in [6.45, 7) is 1.28. The van der Waals surface area contributed by atoms with Crippen molar-refractivity contribution in [2.24, 2.45) is 0 Å². The number of benzene rings is 2. The third kappa shape index (κ3) is 3.39. The van der Waals surface area contributed by atoms with Crippen molar-refractivity contribution in [1.29, 1.82) is 0 Å². The Morgan fingerprint density at radius 3 is 2.58 bits per heavy atom. The molecule has 0 radical (unpaired) electrons. The van der Waals surface area contributed by atoms with Gasteiger partial charge >= 0.3 is 0 Å². The topological polar surface area (TPSA) is 58.1 Å². The number of fused-ring (bicyclic) bond motifs is 1. The quantitative estimate of drug-likeness (QED) is 0.786. The zero-order chi connectivity index (χ0) is 17.9. The molecule has 6 heteroatoms. The van der Waals surface area contributed by atoms with E-state index in [1.807, 2.05) is 12.1 Å². The molecule has 1 aromatic heterocycles. The Hall–Kier alpha value is -3.28. The number of hydrogen-bond donors (Lipinski definition) is 1. The van der Waals surface area contributed by atoms with Gasteiger partial charge in [0.1, 0.15) is 5.82 Å². The van der Waals surface area contributed by atoms with Gasteiger partial charge in [0, 0.05) is 31.2 Å². The molecule has 1 aliphatic heterocycles. The number of rotatable bonds is 3. The minimum Gasteiger partial charge on any atom is -0.334 e. The number of anilines is 2. The van der Waals surface area contributed by atoms with Crippen molar-refractivity contribution in [2.75, 3.05) is 11.9 Å². The summed E-state index contributed by atoms with van der Waals surface area (Å²) in [6.07, 6.45) is 3.84. The SMILES string of the molecule is O=C(c1cnc(Nc2cccc(F)c2)nc1)N1CCc2ccccc2C1. The number of carbonyl (C=O) groups is 1. The molecule has 1 amide bonds. The van der Waals surface area contributed by atoms with Gasteiger partial charge in [0.15, 0.2) is 0 Å². The second kappa shape index (κ2) is 6.92. The van der Waals surface area contributed by atoms with Gasteiger partial charge in [0.05, 0.1) is 5.56 Å². The summed E-state index contributed by atoms with van der Waals surface area (Å²) in [4.78, 5) is 22.8. The Labute approximate surface area is 150 Å². The van der Waals surface area contributed by atoms with Crippen molar-refractivity contribution in [1.82, 2.24) is 14.9 Å². The van der Waals surface area contributed by atoms with Crippen molar-refractivity contribution in [3.63, 3.8) is 0 Å². The van der Waals surface area contributed by atoms with Gasteiger partial charge in [-0.2, -0.15) is 0 Å². The first-order chi connectivity index (χ1) is 12.7. The molecular formula is C20H17FN4O. The molecule has 4 rings (SSSR count). The molecule has 0 atom stereocenters. The predicted molar refractivity (Wildman–Crippen MR) is 96.6 cm³/mol. The van der Waals surface area contributed by atoms with Gasteiger partial charge in [0.2, 0.25) is 5.95 Å². The third-order valence-electron chi connectivity index (χ3n) is 4.40. The van der Waals surface area contributed by atoms with Crippen LogP contribution < -0.4 is 5.32 Å². The number of amides is 1. The minimum atomic E-state index is -0.341. The van der Waals surface area contributed by atoms with Crippen LogP contribution in [-0.4, -0.2) is 27.3 Å². The van der Waals surface area contributed by atoms with Crippen LogP contribution in [0.15, 0.2) is 60.9 Å². The molecule has 1 aliphatic rings. The maximum absolute atomic E-state index is 13.2. The van der Waals surface area contributed by atoms with Gasteiger partial charge < -0.3 is 10.2 Å². The maximum Gasteiger partial charge on any atom is 0.257 e. The van der Waals surface area contributed by atoms with E-state index in [9.17, 15) is 9.18 Å². The molecule has 0 spiro atoms. The maximum atomic E-state index is 13.2. The standard InChI is InChI=1S/C20H17FN4O/c21-17-6-3-7-18(10-17)24-20-22-11-16(12-23-20)19(26)25-9-8-14-4-1-2-5-15(14)13-25/h1-7,10-12H,8-9,13H2,(H,22,23,24). The van der Waals surface area contributed by atoms with Crippen LogP contribution in [0.5, 0.6) is 0 Å². The van der Waals surface area contributed by atoms with Crippen molar-refractivity contribution >= 4 is 17.5 Å². The van der Waals surface area contributed by atoms with E-state index in [4.69, 9.17) is 0 Å². The first-order valence-electron chi connectivity index (χ1n) is 8.40. The molecule has 0 saturated heterocycles. The van der Waals surface area contributed by atoms with Crippen LogP contribution in [-0.2, 0) is 13.0 Å². The Bertz CT molecular complexity index is 943. The number of carbonyl (C=O) groups excluding carboxylic acids is 1. The summed E-state index contributed by atoms with van der Waals surface area (Å²) >= 11 is 0. The second-order valence-corrected chi connectivity index (χ2v) is 6.18. The van der Waals surface area contributed by atoms with Crippen molar-refractivity contribution in [3.8, 4) is 0 Å². The molecule has 26 heavy (non-hydrogen) atoms. The van der Waals surface area contributed by atoms with Crippen LogP contribution >= 0.6 is 0 Å². The van der Waals surface area contributed by atoms with E-state index in [1.165, 1.54) is 35.7 Å². The predicted octanol–water partition coefficient (Wildman–Crippen LogP) is 3.56. The average molecular weight is 348 g/mol. The summed E-state index contributed by atoms with van der Waals surface area (Å²) in [6, 6.07) is 14.2. The zero-order valence-electron chi connectivity index (χ0n) is 14.0. The van der Waals surface area contributed by atoms with Crippen LogP contribution in [0.1, 0.15) is 21.5 Å². The lowest BCUT2D eigenvalue weighted by Gasteiger charge is -2.28.